The van der Waals surface area contributed by atoms with Crippen molar-refractivity contribution in [3.8, 4) is 17.0 Å². The van der Waals surface area contributed by atoms with Gasteiger partial charge in [-0.1, -0.05) is 11.3 Å². The number of benzene rings is 1. The highest BCUT2D eigenvalue weighted by atomic mass is 32.2. The summed E-state index contributed by atoms with van der Waals surface area (Å²) in [7, 11) is 1.64. The number of aliphatic hydroxyl groups is 2. The summed E-state index contributed by atoms with van der Waals surface area (Å²) >= 11 is 2.94. The molecule has 0 aliphatic carbocycles. The van der Waals surface area contributed by atoms with Crippen LogP contribution in [0.5, 0.6) is 5.75 Å². The molecule has 0 unspecified atom stereocenters. The Kier molecular flexibility index (Phi) is 5.28. The number of imidazole rings is 1. The van der Waals surface area contributed by atoms with Gasteiger partial charge >= 0.3 is 0 Å². The van der Waals surface area contributed by atoms with Gasteiger partial charge in [0.2, 0.25) is 4.96 Å². The molecule has 0 aliphatic rings. The summed E-state index contributed by atoms with van der Waals surface area (Å²) in [5.74, 6) is 1.31. The van der Waals surface area contributed by atoms with E-state index in [1.54, 1.807) is 51.1 Å². The smallest absolute Gasteiger partial charge is 0.213 e. The Morgan fingerprint density at radius 3 is 2.52 bits per heavy atom. The van der Waals surface area contributed by atoms with E-state index in [0.29, 0.717) is 10.8 Å². The second-order valence-electron chi connectivity index (χ2n) is 7.67. The number of methoxy groups -OCH3 is 1. The summed E-state index contributed by atoms with van der Waals surface area (Å²) in [5.41, 5.74) is 0.947. The second-order valence-corrected chi connectivity index (χ2v) is 9.65. The first-order valence-corrected chi connectivity index (χ1v) is 10.4. The monoisotopic (exact) mass is 407 g/mol. The van der Waals surface area contributed by atoms with Crippen molar-refractivity contribution in [3.05, 3.63) is 28.9 Å². The van der Waals surface area contributed by atoms with Gasteiger partial charge in [-0.2, -0.15) is 5.10 Å². The van der Waals surface area contributed by atoms with Crippen molar-refractivity contribution >= 4 is 28.1 Å². The zero-order valence-electron chi connectivity index (χ0n) is 16.4. The number of rotatable bonds is 6. The molecule has 0 bridgehead atoms. The third-order valence-electron chi connectivity index (χ3n) is 3.92. The van der Waals surface area contributed by atoms with Crippen LogP contribution in [0.3, 0.4) is 0 Å². The molecule has 8 heteroatoms. The van der Waals surface area contributed by atoms with Crippen LogP contribution in [0.1, 0.15) is 38.4 Å². The maximum atomic E-state index is 10.3. The number of fused-ring (bicyclic) bond motifs is 1. The Morgan fingerprint density at radius 1 is 1.22 bits per heavy atom. The van der Waals surface area contributed by atoms with Gasteiger partial charge in [0.1, 0.15) is 16.4 Å². The van der Waals surface area contributed by atoms with E-state index in [-0.39, 0.29) is 0 Å². The molecular formula is C19H25N3O3S2. The van der Waals surface area contributed by atoms with E-state index in [4.69, 9.17) is 4.74 Å². The fourth-order valence-corrected chi connectivity index (χ4v) is 4.58. The topological polar surface area (TPSA) is 79.9 Å². The Bertz CT molecular complexity index is 965. The summed E-state index contributed by atoms with van der Waals surface area (Å²) in [4.78, 5) is 6.31. The molecule has 3 aromatic rings. The third kappa shape index (κ3) is 4.29. The highest BCUT2D eigenvalue weighted by Crippen LogP contribution is 2.37. The van der Waals surface area contributed by atoms with Crippen molar-refractivity contribution in [2.45, 2.75) is 50.7 Å². The van der Waals surface area contributed by atoms with Crippen LogP contribution in [0.4, 0.5) is 0 Å². The quantitative estimate of drug-likeness (QED) is 0.604. The van der Waals surface area contributed by atoms with Crippen molar-refractivity contribution in [2.24, 2.45) is 0 Å². The second kappa shape index (κ2) is 7.09. The summed E-state index contributed by atoms with van der Waals surface area (Å²) in [6.07, 6.45) is 0. The minimum Gasteiger partial charge on any atom is -0.496 e. The molecule has 0 spiro atoms. The van der Waals surface area contributed by atoms with Gasteiger partial charge in [-0.05, 0) is 52.8 Å². The number of aromatic nitrogens is 3. The number of ether oxygens (including phenoxy) is 1. The Hall–Kier alpha value is -1.61. The van der Waals surface area contributed by atoms with Crippen LogP contribution in [-0.2, 0) is 5.60 Å². The fraction of sp³-hybridized carbons (Fsp3) is 0.474. The molecule has 2 N–H and O–H groups in total. The molecule has 0 saturated heterocycles. The molecular weight excluding hydrogens is 382 g/mol. The average Bonchev–Trinajstić information content (AvgIpc) is 3.08. The minimum atomic E-state index is -1.01. The highest BCUT2D eigenvalue weighted by Gasteiger charge is 2.25. The lowest BCUT2D eigenvalue weighted by Crippen LogP contribution is -2.21. The van der Waals surface area contributed by atoms with Gasteiger partial charge in [0.05, 0.1) is 29.0 Å². The zero-order valence-corrected chi connectivity index (χ0v) is 18.0. The van der Waals surface area contributed by atoms with Crippen molar-refractivity contribution in [1.29, 1.82) is 0 Å². The maximum absolute atomic E-state index is 10.3. The van der Waals surface area contributed by atoms with E-state index < -0.39 is 11.2 Å². The molecule has 0 radical (unpaired) electrons. The van der Waals surface area contributed by atoms with E-state index >= 15 is 0 Å². The lowest BCUT2D eigenvalue weighted by Gasteiger charge is -2.18. The predicted molar refractivity (Wildman–Crippen MR) is 110 cm³/mol. The van der Waals surface area contributed by atoms with Crippen LogP contribution in [0.15, 0.2) is 23.1 Å². The fourth-order valence-electron chi connectivity index (χ4n) is 2.62. The van der Waals surface area contributed by atoms with Crippen LogP contribution in [0, 0.1) is 6.92 Å². The van der Waals surface area contributed by atoms with Crippen LogP contribution in [0.25, 0.3) is 16.2 Å². The highest BCUT2D eigenvalue weighted by molar-refractivity contribution is 7.99. The van der Waals surface area contributed by atoms with E-state index in [2.05, 4.69) is 10.1 Å². The molecule has 0 saturated carbocycles. The zero-order chi connectivity index (χ0) is 20.0. The third-order valence-corrected chi connectivity index (χ3v) is 6.62. The molecule has 146 valence electrons. The van der Waals surface area contributed by atoms with E-state index in [1.807, 2.05) is 25.1 Å². The number of aryl methyl sites for hydroxylation is 1. The van der Waals surface area contributed by atoms with Gasteiger partial charge in [0.15, 0.2) is 0 Å². The SMILES string of the molecule is COc1ccc(-c2c(C)nc3sc(C(C)(C)O)nn23)cc1SCC(C)(C)O. The van der Waals surface area contributed by atoms with Crippen molar-refractivity contribution in [3.63, 3.8) is 0 Å². The lowest BCUT2D eigenvalue weighted by molar-refractivity contribution is 0.0773. The summed E-state index contributed by atoms with van der Waals surface area (Å²) in [5, 5.41) is 25.5. The Balaban J connectivity index is 2.08. The Morgan fingerprint density at radius 2 is 1.93 bits per heavy atom. The van der Waals surface area contributed by atoms with Crippen LogP contribution >= 0.6 is 23.1 Å². The number of hydrogen-bond acceptors (Lipinski definition) is 7. The number of thioether (sulfide) groups is 1. The summed E-state index contributed by atoms with van der Waals surface area (Å²) in [6, 6.07) is 5.94. The minimum absolute atomic E-state index is 0.549. The summed E-state index contributed by atoms with van der Waals surface area (Å²) < 4.78 is 7.27. The van der Waals surface area contributed by atoms with Gasteiger partial charge in [-0.15, -0.1) is 11.8 Å². The molecule has 0 aliphatic heterocycles. The molecule has 0 atom stereocenters. The van der Waals surface area contributed by atoms with Gasteiger partial charge in [-0.25, -0.2) is 9.50 Å². The van der Waals surface area contributed by atoms with E-state index in [9.17, 15) is 10.2 Å². The molecule has 0 amide bonds. The van der Waals surface area contributed by atoms with E-state index in [1.165, 1.54) is 11.3 Å². The molecule has 2 heterocycles. The number of hydrogen-bond donors (Lipinski definition) is 2. The Labute approximate surface area is 167 Å². The maximum Gasteiger partial charge on any atom is 0.213 e. The predicted octanol–water partition coefficient (Wildman–Crippen LogP) is 3.87. The van der Waals surface area contributed by atoms with Gasteiger partial charge in [-0.3, -0.25) is 0 Å². The molecule has 0 fully saturated rings. The standard InChI is InChI=1S/C19H25N3O3S2/c1-11-15(22-17(20-11)27-16(21-22)19(4,5)24)12-7-8-13(25-6)14(9-12)26-10-18(2,3)23/h7-9,23-24H,10H2,1-6H3. The van der Waals surface area contributed by atoms with Gasteiger partial charge < -0.3 is 14.9 Å². The average molecular weight is 408 g/mol. The van der Waals surface area contributed by atoms with Crippen molar-refractivity contribution in [2.75, 3.05) is 12.9 Å². The summed E-state index contributed by atoms with van der Waals surface area (Å²) in [6.45, 7) is 8.96. The van der Waals surface area contributed by atoms with Gasteiger partial charge in [0, 0.05) is 11.3 Å². The first-order valence-electron chi connectivity index (χ1n) is 8.62. The van der Waals surface area contributed by atoms with Crippen LogP contribution < -0.4 is 4.74 Å². The molecule has 2 aromatic heterocycles. The van der Waals surface area contributed by atoms with Gasteiger partial charge in [0.25, 0.3) is 0 Å². The van der Waals surface area contributed by atoms with Crippen LogP contribution in [-0.4, -0.2) is 43.3 Å². The largest absolute Gasteiger partial charge is 0.496 e. The van der Waals surface area contributed by atoms with Crippen molar-refractivity contribution in [1.82, 2.24) is 14.6 Å². The van der Waals surface area contributed by atoms with Crippen molar-refractivity contribution < 1.29 is 14.9 Å². The molecule has 1 aromatic carbocycles. The van der Waals surface area contributed by atoms with Crippen LogP contribution in [0.2, 0.25) is 0 Å². The van der Waals surface area contributed by atoms with E-state index in [0.717, 1.165) is 32.6 Å². The molecule has 6 nitrogen and oxygen atoms in total. The first kappa shape index (κ1) is 20.1. The molecule has 27 heavy (non-hydrogen) atoms. The normalized spacial score (nSPS) is 12.7. The number of nitrogens with zero attached hydrogens (tertiary/aromatic N) is 3. The lowest BCUT2D eigenvalue weighted by atomic mass is 10.1. The first-order chi connectivity index (χ1) is 12.5. The molecule has 3 rings (SSSR count).